The van der Waals surface area contributed by atoms with E-state index in [1.807, 2.05) is 60.5 Å². The molecule has 3 aromatic rings. The molecular formula is C22H25N5O2. The third-order valence-electron chi connectivity index (χ3n) is 5.34. The number of hydrogen-bond acceptors (Lipinski definition) is 4. The van der Waals surface area contributed by atoms with Crippen LogP contribution >= 0.6 is 0 Å². The number of imidazole rings is 1. The van der Waals surface area contributed by atoms with Gasteiger partial charge in [0.25, 0.3) is 11.8 Å². The number of carbonyl (C=O) groups excluding carboxylic acids is 2. The van der Waals surface area contributed by atoms with Crippen molar-refractivity contribution < 1.29 is 9.59 Å². The molecule has 0 saturated carbocycles. The van der Waals surface area contributed by atoms with Gasteiger partial charge in [0, 0.05) is 46.0 Å². The van der Waals surface area contributed by atoms with Crippen molar-refractivity contribution in [2.75, 3.05) is 40.3 Å². The first-order valence-corrected chi connectivity index (χ1v) is 9.79. The Kier molecular flexibility index (Phi) is 5.31. The van der Waals surface area contributed by atoms with E-state index in [0.29, 0.717) is 36.7 Å². The van der Waals surface area contributed by atoms with Crippen LogP contribution in [-0.4, -0.2) is 76.2 Å². The highest BCUT2D eigenvalue weighted by molar-refractivity contribution is 6.02. The van der Waals surface area contributed by atoms with Crippen LogP contribution in [0.1, 0.15) is 26.7 Å². The number of nitrogens with zero attached hydrogens (tertiary/aromatic N) is 5. The Balaban J connectivity index is 1.63. The summed E-state index contributed by atoms with van der Waals surface area (Å²) in [5.41, 5.74) is 2.00. The molecule has 1 aromatic carbocycles. The molecule has 1 aliphatic heterocycles. The average molecular weight is 391 g/mol. The SMILES string of the molecule is CN1CCN(C(=O)c2nc(C(=O)N(C)Cc3ccccc3)c3ccccn23)CC1. The first kappa shape index (κ1) is 19.1. The zero-order valence-electron chi connectivity index (χ0n) is 16.8. The van der Waals surface area contributed by atoms with Crippen LogP contribution in [0.2, 0.25) is 0 Å². The molecular weight excluding hydrogens is 366 g/mol. The quantitative estimate of drug-likeness (QED) is 0.683. The summed E-state index contributed by atoms with van der Waals surface area (Å²) in [6, 6.07) is 15.3. The summed E-state index contributed by atoms with van der Waals surface area (Å²) < 4.78 is 1.73. The van der Waals surface area contributed by atoms with Gasteiger partial charge in [-0.05, 0) is 24.7 Å². The van der Waals surface area contributed by atoms with E-state index in [9.17, 15) is 9.59 Å². The van der Waals surface area contributed by atoms with Crippen LogP contribution in [0.4, 0.5) is 0 Å². The van der Waals surface area contributed by atoms with Crippen LogP contribution in [0.3, 0.4) is 0 Å². The summed E-state index contributed by atoms with van der Waals surface area (Å²) >= 11 is 0. The van der Waals surface area contributed by atoms with Crippen molar-refractivity contribution in [1.29, 1.82) is 0 Å². The second kappa shape index (κ2) is 8.05. The van der Waals surface area contributed by atoms with Crippen molar-refractivity contribution in [3.63, 3.8) is 0 Å². The average Bonchev–Trinajstić information content (AvgIpc) is 3.13. The van der Waals surface area contributed by atoms with Crippen LogP contribution in [0.15, 0.2) is 54.7 Å². The van der Waals surface area contributed by atoms with Gasteiger partial charge in [-0.3, -0.25) is 14.0 Å². The normalized spacial score (nSPS) is 14.9. The van der Waals surface area contributed by atoms with E-state index in [1.54, 1.807) is 22.5 Å². The van der Waals surface area contributed by atoms with Crippen molar-refractivity contribution in [1.82, 2.24) is 24.1 Å². The van der Waals surface area contributed by atoms with Crippen molar-refractivity contribution in [2.45, 2.75) is 6.54 Å². The minimum atomic E-state index is -0.199. The predicted molar refractivity (Wildman–Crippen MR) is 111 cm³/mol. The minimum absolute atomic E-state index is 0.135. The number of aromatic nitrogens is 2. The standard InChI is InChI=1S/C22H25N5O2/c1-24-12-14-26(15-13-24)22(29)20-23-19(18-10-6-7-11-27(18)20)21(28)25(2)16-17-8-4-3-5-9-17/h3-11H,12-16H2,1-2H3. The Morgan fingerprint density at radius 1 is 1.00 bits per heavy atom. The van der Waals surface area contributed by atoms with Gasteiger partial charge in [0.15, 0.2) is 5.69 Å². The molecule has 1 saturated heterocycles. The molecule has 0 bridgehead atoms. The van der Waals surface area contributed by atoms with Gasteiger partial charge in [0.1, 0.15) is 0 Å². The van der Waals surface area contributed by atoms with Crippen LogP contribution in [-0.2, 0) is 6.54 Å². The number of amides is 2. The van der Waals surface area contributed by atoms with E-state index in [0.717, 1.165) is 18.7 Å². The summed E-state index contributed by atoms with van der Waals surface area (Å²) in [5, 5.41) is 0. The summed E-state index contributed by atoms with van der Waals surface area (Å²) in [4.78, 5) is 36.4. The molecule has 3 heterocycles. The van der Waals surface area contributed by atoms with Crippen LogP contribution in [0, 0.1) is 0 Å². The molecule has 0 spiro atoms. The third kappa shape index (κ3) is 3.86. The summed E-state index contributed by atoms with van der Waals surface area (Å²) in [6.07, 6.45) is 1.79. The fourth-order valence-electron chi connectivity index (χ4n) is 3.61. The van der Waals surface area contributed by atoms with Crippen LogP contribution in [0.5, 0.6) is 0 Å². The molecule has 0 N–H and O–H groups in total. The van der Waals surface area contributed by atoms with E-state index in [-0.39, 0.29) is 11.8 Å². The highest BCUT2D eigenvalue weighted by atomic mass is 16.2. The van der Waals surface area contributed by atoms with Gasteiger partial charge in [-0.25, -0.2) is 4.98 Å². The second-order valence-electron chi connectivity index (χ2n) is 7.48. The fourth-order valence-corrected chi connectivity index (χ4v) is 3.61. The van der Waals surface area contributed by atoms with Crippen molar-refractivity contribution in [3.05, 3.63) is 71.8 Å². The van der Waals surface area contributed by atoms with E-state index in [4.69, 9.17) is 0 Å². The molecule has 2 aromatic heterocycles. The number of benzene rings is 1. The first-order valence-electron chi connectivity index (χ1n) is 9.79. The third-order valence-corrected chi connectivity index (χ3v) is 5.34. The van der Waals surface area contributed by atoms with Gasteiger partial charge >= 0.3 is 0 Å². The van der Waals surface area contributed by atoms with E-state index < -0.39 is 0 Å². The van der Waals surface area contributed by atoms with Crippen LogP contribution < -0.4 is 0 Å². The molecule has 2 amide bonds. The number of piperazine rings is 1. The lowest BCUT2D eigenvalue weighted by molar-refractivity contribution is 0.0651. The topological polar surface area (TPSA) is 61.2 Å². The Hall–Kier alpha value is -3.19. The molecule has 0 atom stereocenters. The zero-order valence-corrected chi connectivity index (χ0v) is 16.8. The molecule has 1 aliphatic rings. The number of pyridine rings is 1. The lowest BCUT2D eigenvalue weighted by Crippen LogP contribution is -2.47. The fraction of sp³-hybridized carbons (Fsp3) is 0.318. The number of carbonyl (C=O) groups is 2. The first-order chi connectivity index (χ1) is 14.0. The zero-order chi connectivity index (χ0) is 20.4. The van der Waals surface area contributed by atoms with Crippen molar-refractivity contribution >= 4 is 17.3 Å². The Morgan fingerprint density at radius 2 is 1.69 bits per heavy atom. The Labute approximate surface area is 170 Å². The Morgan fingerprint density at radius 3 is 2.41 bits per heavy atom. The summed E-state index contributed by atoms with van der Waals surface area (Å²) in [5.74, 6) is -0.0411. The number of hydrogen-bond donors (Lipinski definition) is 0. The van der Waals surface area contributed by atoms with Gasteiger partial charge < -0.3 is 14.7 Å². The second-order valence-corrected chi connectivity index (χ2v) is 7.48. The van der Waals surface area contributed by atoms with Gasteiger partial charge in [0.05, 0.1) is 5.52 Å². The number of fused-ring (bicyclic) bond motifs is 1. The van der Waals surface area contributed by atoms with E-state index in [1.165, 1.54) is 0 Å². The minimum Gasteiger partial charge on any atom is -0.336 e. The van der Waals surface area contributed by atoms with Crippen molar-refractivity contribution in [3.8, 4) is 0 Å². The van der Waals surface area contributed by atoms with Crippen molar-refractivity contribution in [2.24, 2.45) is 0 Å². The lowest BCUT2D eigenvalue weighted by Gasteiger charge is -2.31. The highest BCUT2D eigenvalue weighted by Crippen LogP contribution is 2.18. The molecule has 0 radical (unpaired) electrons. The largest absolute Gasteiger partial charge is 0.336 e. The molecule has 1 fully saturated rings. The molecule has 7 heteroatoms. The predicted octanol–water partition coefficient (Wildman–Crippen LogP) is 1.99. The van der Waals surface area contributed by atoms with E-state index >= 15 is 0 Å². The van der Waals surface area contributed by atoms with Gasteiger partial charge in [-0.1, -0.05) is 36.4 Å². The maximum Gasteiger partial charge on any atom is 0.290 e. The maximum absolute atomic E-state index is 13.1. The smallest absolute Gasteiger partial charge is 0.290 e. The molecule has 29 heavy (non-hydrogen) atoms. The molecule has 150 valence electrons. The molecule has 7 nitrogen and oxygen atoms in total. The summed E-state index contributed by atoms with van der Waals surface area (Å²) in [7, 11) is 3.80. The van der Waals surface area contributed by atoms with Gasteiger partial charge in [-0.2, -0.15) is 0 Å². The van der Waals surface area contributed by atoms with Crippen LogP contribution in [0.25, 0.3) is 5.52 Å². The number of rotatable bonds is 4. The number of likely N-dealkylation sites (N-methyl/N-ethyl adjacent to an activating group) is 1. The molecule has 4 rings (SSSR count). The monoisotopic (exact) mass is 391 g/mol. The highest BCUT2D eigenvalue weighted by Gasteiger charge is 2.28. The molecule has 0 aliphatic carbocycles. The maximum atomic E-state index is 13.1. The lowest BCUT2D eigenvalue weighted by atomic mass is 10.2. The summed E-state index contributed by atoms with van der Waals surface area (Å²) in [6.45, 7) is 3.47. The van der Waals surface area contributed by atoms with E-state index in [2.05, 4.69) is 9.88 Å². The van der Waals surface area contributed by atoms with Gasteiger partial charge in [-0.15, -0.1) is 0 Å². The van der Waals surface area contributed by atoms with Gasteiger partial charge in [0.2, 0.25) is 5.82 Å². The molecule has 0 unspecified atom stereocenters. The Bertz CT molecular complexity index is 1020.